The van der Waals surface area contributed by atoms with E-state index in [-0.39, 0.29) is 10.9 Å². The molecule has 0 spiro atoms. The molecule has 0 aliphatic carbocycles. The Hall–Kier alpha value is -2.09. The molecule has 2 aromatic carbocycles. The highest BCUT2D eigenvalue weighted by Gasteiger charge is 2.19. The number of rotatable bonds is 5. The predicted octanol–water partition coefficient (Wildman–Crippen LogP) is 5.80. The summed E-state index contributed by atoms with van der Waals surface area (Å²) >= 11 is 13.8. The molecule has 0 saturated carbocycles. The second-order valence-electron chi connectivity index (χ2n) is 5.06. The zero-order chi connectivity index (χ0) is 18.0. The highest BCUT2D eigenvalue weighted by Crippen LogP contribution is 2.42. The molecule has 0 unspecified atom stereocenters. The highest BCUT2D eigenvalue weighted by molar-refractivity contribution is 7.99. The number of benzene rings is 2. The zero-order valence-electron chi connectivity index (χ0n) is 12.8. The first kappa shape index (κ1) is 17.7. The molecule has 0 saturated heterocycles. The third-order valence-corrected chi connectivity index (χ3v) is 5.41. The Morgan fingerprint density at radius 1 is 1.12 bits per heavy atom. The summed E-state index contributed by atoms with van der Waals surface area (Å²) in [7, 11) is 0. The maximum absolute atomic E-state index is 10.7. The summed E-state index contributed by atoms with van der Waals surface area (Å²) in [5.41, 5.74) is 0.609. The van der Waals surface area contributed by atoms with Crippen molar-refractivity contribution < 1.29 is 9.34 Å². The minimum atomic E-state index is -0.463. The Morgan fingerprint density at radius 2 is 1.76 bits per heavy atom. The SMILES string of the molecule is C[C@@H](Sc1c(Cl)cccc1Cl)c1nnc(-c2ccc([N+](=O)[O-])cc2)o1. The van der Waals surface area contributed by atoms with E-state index in [9.17, 15) is 10.1 Å². The lowest BCUT2D eigenvalue weighted by atomic mass is 10.2. The van der Waals surface area contributed by atoms with Gasteiger partial charge in [0, 0.05) is 22.6 Å². The van der Waals surface area contributed by atoms with Crippen LogP contribution in [0.1, 0.15) is 18.1 Å². The first-order valence-electron chi connectivity index (χ1n) is 7.14. The third-order valence-electron chi connectivity index (χ3n) is 3.33. The fourth-order valence-electron chi connectivity index (χ4n) is 2.06. The number of nitrogens with zero attached hydrogens (tertiary/aromatic N) is 3. The Morgan fingerprint density at radius 3 is 2.36 bits per heavy atom. The van der Waals surface area contributed by atoms with E-state index >= 15 is 0 Å². The summed E-state index contributed by atoms with van der Waals surface area (Å²) in [6.45, 7) is 1.90. The van der Waals surface area contributed by atoms with Crippen LogP contribution in [0.5, 0.6) is 0 Å². The highest BCUT2D eigenvalue weighted by atomic mass is 35.5. The first-order valence-corrected chi connectivity index (χ1v) is 8.78. The fraction of sp³-hybridized carbons (Fsp3) is 0.125. The van der Waals surface area contributed by atoms with Gasteiger partial charge in [-0.25, -0.2) is 0 Å². The van der Waals surface area contributed by atoms with Crippen LogP contribution < -0.4 is 0 Å². The smallest absolute Gasteiger partial charge is 0.269 e. The summed E-state index contributed by atoms with van der Waals surface area (Å²) < 4.78 is 5.68. The number of non-ortho nitro benzene ring substituents is 1. The molecule has 0 radical (unpaired) electrons. The number of nitro groups is 1. The molecule has 9 heteroatoms. The summed E-state index contributed by atoms with van der Waals surface area (Å²) in [5, 5.41) is 19.7. The average molecular weight is 396 g/mol. The molecule has 128 valence electrons. The molecule has 3 rings (SSSR count). The van der Waals surface area contributed by atoms with Gasteiger partial charge < -0.3 is 4.42 Å². The molecule has 1 atom stereocenters. The molecule has 6 nitrogen and oxygen atoms in total. The normalized spacial score (nSPS) is 12.1. The van der Waals surface area contributed by atoms with Crippen LogP contribution in [0.15, 0.2) is 51.8 Å². The van der Waals surface area contributed by atoms with Gasteiger partial charge in [-0.15, -0.1) is 22.0 Å². The lowest BCUT2D eigenvalue weighted by molar-refractivity contribution is -0.384. The summed E-state index contributed by atoms with van der Waals surface area (Å²) in [6, 6.07) is 11.2. The van der Waals surface area contributed by atoms with Gasteiger partial charge in [0.15, 0.2) is 0 Å². The van der Waals surface area contributed by atoms with Crippen molar-refractivity contribution in [2.75, 3.05) is 0 Å². The van der Waals surface area contributed by atoms with E-state index < -0.39 is 4.92 Å². The van der Waals surface area contributed by atoms with Crippen LogP contribution in [-0.4, -0.2) is 15.1 Å². The predicted molar refractivity (Wildman–Crippen MR) is 97.1 cm³/mol. The summed E-state index contributed by atoms with van der Waals surface area (Å²) in [5.74, 6) is 0.706. The van der Waals surface area contributed by atoms with Crippen LogP contribution in [0.4, 0.5) is 5.69 Å². The van der Waals surface area contributed by atoms with E-state index in [0.29, 0.717) is 27.4 Å². The lowest BCUT2D eigenvalue weighted by Gasteiger charge is -2.09. The number of halogens is 2. The van der Waals surface area contributed by atoms with Crippen molar-refractivity contribution >= 4 is 40.7 Å². The van der Waals surface area contributed by atoms with Gasteiger partial charge in [-0.1, -0.05) is 29.3 Å². The Labute approximate surface area is 157 Å². The quantitative estimate of drug-likeness (QED) is 0.308. The van der Waals surface area contributed by atoms with Crippen molar-refractivity contribution in [3.8, 4) is 11.5 Å². The minimum Gasteiger partial charge on any atom is -0.419 e. The molecule has 1 heterocycles. The molecule has 1 aromatic heterocycles. The zero-order valence-corrected chi connectivity index (χ0v) is 15.2. The van der Waals surface area contributed by atoms with Gasteiger partial charge in [0.1, 0.15) is 0 Å². The summed E-state index contributed by atoms with van der Waals surface area (Å²) in [6.07, 6.45) is 0. The van der Waals surface area contributed by atoms with Crippen LogP contribution in [0.2, 0.25) is 10.0 Å². The van der Waals surface area contributed by atoms with Gasteiger partial charge in [0.05, 0.1) is 20.2 Å². The van der Waals surface area contributed by atoms with Gasteiger partial charge in [-0.2, -0.15) is 0 Å². The van der Waals surface area contributed by atoms with Crippen molar-refractivity contribution in [2.45, 2.75) is 17.1 Å². The molecule has 0 aliphatic heterocycles. The average Bonchev–Trinajstić information content (AvgIpc) is 3.08. The molecule has 0 aliphatic rings. The lowest BCUT2D eigenvalue weighted by Crippen LogP contribution is -1.89. The van der Waals surface area contributed by atoms with E-state index in [0.717, 1.165) is 4.90 Å². The molecular formula is C16H11Cl2N3O3S. The van der Waals surface area contributed by atoms with Crippen molar-refractivity contribution in [1.29, 1.82) is 0 Å². The molecule has 0 fully saturated rings. The molecule has 3 aromatic rings. The topological polar surface area (TPSA) is 82.1 Å². The van der Waals surface area contributed by atoms with E-state index in [1.807, 2.05) is 6.92 Å². The van der Waals surface area contributed by atoms with Crippen LogP contribution in [0.25, 0.3) is 11.5 Å². The van der Waals surface area contributed by atoms with Gasteiger partial charge in [0.25, 0.3) is 5.69 Å². The second kappa shape index (κ2) is 7.43. The Balaban J connectivity index is 1.79. The van der Waals surface area contributed by atoms with Gasteiger partial charge in [-0.05, 0) is 31.2 Å². The second-order valence-corrected chi connectivity index (χ2v) is 7.23. The van der Waals surface area contributed by atoms with Crippen LogP contribution in [0.3, 0.4) is 0 Å². The number of hydrogen-bond donors (Lipinski definition) is 0. The van der Waals surface area contributed by atoms with E-state index in [1.165, 1.54) is 23.9 Å². The van der Waals surface area contributed by atoms with Crippen LogP contribution >= 0.6 is 35.0 Å². The number of aromatic nitrogens is 2. The van der Waals surface area contributed by atoms with E-state index in [1.54, 1.807) is 30.3 Å². The van der Waals surface area contributed by atoms with Gasteiger partial charge in [-0.3, -0.25) is 10.1 Å². The Bertz CT molecular complexity index is 895. The van der Waals surface area contributed by atoms with Gasteiger partial charge in [0.2, 0.25) is 11.8 Å². The van der Waals surface area contributed by atoms with Crippen LogP contribution in [-0.2, 0) is 0 Å². The first-order chi connectivity index (χ1) is 12.0. The Kier molecular flexibility index (Phi) is 5.27. The van der Waals surface area contributed by atoms with Gasteiger partial charge >= 0.3 is 0 Å². The number of nitro benzene ring substituents is 1. The van der Waals surface area contributed by atoms with Crippen molar-refractivity contribution in [3.63, 3.8) is 0 Å². The maximum atomic E-state index is 10.7. The van der Waals surface area contributed by atoms with E-state index in [2.05, 4.69) is 10.2 Å². The van der Waals surface area contributed by atoms with Crippen molar-refractivity contribution in [3.05, 3.63) is 68.5 Å². The monoisotopic (exact) mass is 395 g/mol. The number of thioether (sulfide) groups is 1. The summed E-state index contributed by atoms with van der Waals surface area (Å²) in [4.78, 5) is 11.0. The van der Waals surface area contributed by atoms with Crippen molar-refractivity contribution in [1.82, 2.24) is 10.2 Å². The molecule has 0 N–H and O–H groups in total. The number of hydrogen-bond acceptors (Lipinski definition) is 6. The fourth-order valence-corrected chi connectivity index (χ4v) is 3.64. The molecule has 0 bridgehead atoms. The molecule has 0 amide bonds. The molecule has 25 heavy (non-hydrogen) atoms. The van der Waals surface area contributed by atoms with Crippen molar-refractivity contribution in [2.24, 2.45) is 0 Å². The third kappa shape index (κ3) is 3.95. The van der Waals surface area contributed by atoms with E-state index in [4.69, 9.17) is 27.6 Å². The minimum absolute atomic E-state index is 0.000716. The maximum Gasteiger partial charge on any atom is 0.269 e. The largest absolute Gasteiger partial charge is 0.419 e. The van der Waals surface area contributed by atoms with Crippen LogP contribution in [0, 0.1) is 10.1 Å². The molecular weight excluding hydrogens is 385 g/mol. The standard InChI is InChI=1S/C16H11Cl2N3O3S/c1-9(25-14-12(17)3-2-4-13(14)18)15-19-20-16(24-15)10-5-7-11(8-6-10)21(22)23/h2-9H,1H3/t9-/m1/s1.